The van der Waals surface area contributed by atoms with Crippen LogP contribution in [0.5, 0.6) is 0 Å². The lowest BCUT2D eigenvalue weighted by Gasteiger charge is -2.15. The van der Waals surface area contributed by atoms with E-state index in [1.54, 1.807) is 19.9 Å². The maximum absolute atomic E-state index is 12.1. The van der Waals surface area contributed by atoms with Crippen molar-refractivity contribution >= 4 is 11.9 Å². The van der Waals surface area contributed by atoms with Crippen molar-refractivity contribution < 1.29 is 19.1 Å². The second-order valence-corrected chi connectivity index (χ2v) is 5.62. The van der Waals surface area contributed by atoms with Crippen molar-refractivity contribution in [3.05, 3.63) is 59.7 Å². The summed E-state index contributed by atoms with van der Waals surface area (Å²) in [4.78, 5) is 24.2. The molecule has 0 amide bonds. The Morgan fingerprint density at radius 2 is 1.62 bits per heavy atom. The fraction of sp³-hybridized carbons (Fsp3) is 0.286. The van der Waals surface area contributed by atoms with Gasteiger partial charge >= 0.3 is 11.9 Å². The molecule has 0 radical (unpaired) electrons. The zero-order valence-electron chi connectivity index (χ0n) is 14.9. The first-order valence-electron chi connectivity index (χ1n) is 8.52. The van der Waals surface area contributed by atoms with Gasteiger partial charge in [-0.2, -0.15) is 5.26 Å². The van der Waals surface area contributed by atoms with Crippen LogP contribution < -0.4 is 0 Å². The summed E-state index contributed by atoms with van der Waals surface area (Å²) in [6.45, 7) is 3.74. The molecule has 2 rings (SSSR count). The SMILES string of the molecule is CCOC(=O)C(Cc1ccc(-c2ccccc2)c(C#N)c1)C(=O)OCC. The van der Waals surface area contributed by atoms with Gasteiger partial charge in [0.1, 0.15) is 0 Å². The first-order valence-corrected chi connectivity index (χ1v) is 8.52. The molecule has 0 unspecified atom stereocenters. The molecule has 0 saturated carbocycles. The minimum absolute atomic E-state index is 0.126. The van der Waals surface area contributed by atoms with Crippen LogP contribution in [-0.2, 0) is 25.5 Å². The number of rotatable bonds is 7. The third kappa shape index (κ3) is 4.70. The number of hydrogen-bond donors (Lipinski definition) is 0. The zero-order valence-corrected chi connectivity index (χ0v) is 14.9. The van der Waals surface area contributed by atoms with Crippen LogP contribution in [0.3, 0.4) is 0 Å². The Morgan fingerprint density at radius 1 is 1.00 bits per heavy atom. The van der Waals surface area contributed by atoms with Crippen LogP contribution in [0.15, 0.2) is 48.5 Å². The lowest BCUT2D eigenvalue weighted by molar-refractivity contribution is -0.161. The predicted octanol–water partition coefficient (Wildman–Crippen LogP) is 3.51. The number of esters is 2. The van der Waals surface area contributed by atoms with Crippen molar-refractivity contribution in [2.45, 2.75) is 20.3 Å². The van der Waals surface area contributed by atoms with Crippen LogP contribution in [0, 0.1) is 17.2 Å². The van der Waals surface area contributed by atoms with Crippen LogP contribution in [-0.4, -0.2) is 25.2 Å². The highest BCUT2D eigenvalue weighted by molar-refractivity contribution is 5.95. The summed E-state index contributed by atoms with van der Waals surface area (Å²) in [5.74, 6) is -2.27. The first kappa shape index (κ1) is 19.2. The van der Waals surface area contributed by atoms with E-state index in [-0.39, 0.29) is 19.6 Å². The number of benzene rings is 2. The summed E-state index contributed by atoms with van der Waals surface area (Å²) in [7, 11) is 0. The Bertz CT molecular complexity index is 791. The van der Waals surface area contributed by atoms with E-state index in [1.165, 1.54) is 0 Å². The smallest absolute Gasteiger partial charge is 0.320 e. The molecule has 5 heteroatoms. The van der Waals surface area contributed by atoms with E-state index in [1.807, 2.05) is 42.5 Å². The zero-order chi connectivity index (χ0) is 18.9. The summed E-state index contributed by atoms with van der Waals surface area (Å²) >= 11 is 0. The van der Waals surface area contributed by atoms with E-state index in [2.05, 4.69) is 6.07 Å². The molecule has 0 bridgehead atoms. The molecule has 0 aliphatic rings. The highest BCUT2D eigenvalue weighted by Crippen LogP contribution is 2.25. The second kappa shape index (κ2) is 9.38. The molecule has 0 saturated heterocycles. The van der Waals surface area contributed by atoms with E-state index in [0.29, 0.717) is 11.1 Å². The van der Waals surface area contributed by atoms with Crippen LogP contribution in [0.2, 0.25) is 0 Å². The number of carbonyl (C=O) groups excluding carboxylic acids is 2. The third-order valence-corrected chi connectivity index (χ3v) is 3.87. The lowest BCUT2D eigenvalue weighted by atomic mass is 9.93. The molecule has 2 aromatic rings. The van der Waals surface area contributed by atoms with Gasteiger partial charge in [-0.3, -0.25) is 9.59 Å². The molecule has 134 valence electrons. The lowest BCUT2D eigenvalue weighted by Crippen LogP contribution is -2.30. The van der Waals surface area contributed by atoms with Gasteiger partial charge in [-0.25, -0.2) is 0 Å². The highest BCUT2D eigenvalue weighted by Gasteiger charge is 2.30. The quantitative estimate of drug-likeness (QED) is 0.563. The normalized spacial score (nSPS) is 10.2. The molecule has 0 aliphatic carbocycles. The molecular weight excluding hydrogens is 330 g/mol. The van der Waals surface area contributed by atoms with Crippen LogP contribution in [0.25, 0.3) is 11.1 Å². The Kier molecular flexibility index (Phi) is 6.92. The topological polar surface area (TPSA) is 76.4 Å². The molecule has 5 nitrogen and oxygen atoms in total. The van der Waals surface area contributed by atoms with E-state index >= 15 is 0 Å². The molecular formula is C21H21NO4. The van der Waals surface area contributed by atoms with Crippen LogP contribution in [0.4, 0.5) is 0 Å². The summed E-state index contributed by atoms with van der Waals surface area (Å²) in [5.41, 5.74) is 2.93. The van der Waals surface area contributed by atoms with Crippen molar-refractivity contribution in [2.75, 3.05) is 13.2 Å². The molecule has 0 N–H and O–H groups in total. The Hall–Kier alpha value is -3.13. The predicted molar refractivity (Wildman–Crippen MR) is 97.1 cm³/mol. The Balaban J connectivity index is 2.31. The van der Waals surface area contributed by atoms with Gasteiger partial charge in [0.2, 0.25) is 0 Å². The number of carbonyl (C=O) groups is 2. The largest absolute Gasteiger partial charge is 0.465 e. The van der Waals surface area contributed by atoms with Gasteiger partial charge < -0.3 is 9.47 Å². The van der Waals surface area contributed by atoms with Crippen LogP contribution >= 0.6 is 0 Å². The monoisotopic (exact) mass is 351 g/mol. The molecule has 2 aromatic carbocycles. The van der Waals surface area contributed by atoms with Crippen molar-refractivity contribution in [3.63, 3.8) is 0 Å². The average Bonchev–Trinajstić information content (AvgIpc) is 2.66. The molecule has 0 spiro atoms. The van der Waals surface area contributed by atoms with E-state index in [9.17, 15) is 14.9 Å². The molecule has 0 atom stereocenters. The van der Waals surface area contributed by atoms with Gasteiger partial charge in [0.15, 0.2) is 5.92 Å². The van der Waals surface area contributed by atoms with Crippen LogP contribution in [0.1, 0.15) is 25.0 Å². The van der Waals surface area contributed by atoms with Gasteiger partial charge in [-0.05, 0) is 43.0 Å². The average molecular weight is 351 g/mol. The van der Waals surface area contributed by atoms with Gasteiger partial charge in [0.25, 0.3) is 0 Å². The van der Waals surface area contributed by atoms with Gasteiger partial charge in [0, 0.05) is 0 Å². The molecule has 0 heterocycles. The van der Waals surface area contributed by atoms with Crippen molar-refractivity contribution in [2.24, 2.45) is 5.92 Å². The van der Waals surface area contributed by atoms with Crippen molar-refractivity contribution in [1.82, 2.24) is 0 Å². The number of nitriles is 1. The van der Waals surface area contributed by atoms with Gasteiger partial charge in [-0.1, -0.05) is 42.5 Å². The van der Waals surface area contributed by atoms with E-state index in [4.69, 9.17) is 9.47 Å². The molecule has 0 fully saturated rings. The molecule has 26 heavy (non-hydrogen) atoms. The minimum atomic E-state index is -1.04. The molecule has 0 aliphatic heterocycles. The fourth-order valence-corrected chi connectivity index (χ4v) is 2.66. The summed E-state index contributed by atoms with van der Waals surface area (Å²) < 4.78 is 9.98. The minimum Gasteiger partial charge on any atom is -0.465 e. The van der Waals surface area contributed by atoms with Crippen molar-refractivity contribution in [1.29, 1.82) is 5.26 Å². The Morgan fingerprint density at radius 3 is 2.15 bits per heavy atom. The fourth-order valence-electron chi connectivity index (χ4n) is 2.66. The molecule has 0 aromatic heterocycles. The van der Waals surface area contributed by atoms with E-state index < -0.39 is 17.9 Å². The summed E-state index contributed by atoms with van der Waals surface area (Å²) in [6.07, 6.45) is 0.126. The first-order chi connectivity index (χ1) is 12.6. The van der Waals surface area contributed by atoms with Crippen molar-refractivity contribution in [3.8, 4) is 17.2 Å². The number of nitrogens with zero attached hydrogens (tertiary/aromatic N) is 1. The van der Waals surface area contributed by atoms with Gasteiger partial charge in [-0.15, -0.1) is 0 Å². The third-order valence-electron chi connectivity index (χ3n) is 3.87. The second-order valence-electron chi connectivity index (χ2n) is 5.62. The Labute approximate surface area is 153 Å². The van der Waals surface area contributed by atoms with Gasteiger partial charge in [0.05, 0.1) is 24.8 Å². The number of hydrogen-bond acceptors (Lipinski definition) is 5. The maximum atomic E-state index is 12.1. The summed E-state index contributed by atoms with van der Waals surface area (Å²) in [5, 5.41) is 9.49. The summed E-state index contributed by atoms with van der Waals surface area (Å²) in [6, 6.07) is 17.1. The number of ether oxygens (including phenoxy) is 2. The standard InChI is InChI=1S/C21H21NO4/c1-3-25-20(23)19(21(24)26-4-2)13-15-10-11-18(17(12-15)14-22)16-8-6-5-7-9-16/h5-12,19H,3-4,13H2,1-2H3. The van der Waals surface area contributed by atoms with E-state index in [0.717, 1.165) is 11.1 Å². The maximum Gasteiger partial charge on any atom is 0.320 e. The highest BCUT2D eigenvalue weighted by atomic mass is 16.6.